The van der Waals surface area contributed by atoms with Crippen LogP contribution in [0, 0.1) is 6.92 Å². The van der Waals surface area contributed by atoms with E-state index >= 15 is 0 Å². The predicted octanol–water partition coefficient (Wildman–Crippen LogP) is 4.99. The maximum atomic E-state index is 9.44. The fraction of sp³-hybridized carbons (Fsp3) is 0.0556. The number of phenols is 1. The van der Waals surface area contributed by atoms with E-state index in [0.717, 1.165) is 21.8 Å². The molecule has 3 heteroatoms. The van der Waals surface area contributed by atoms with Crippen LogP contribution in [0.1, 0.15) is 16.1 Å². The molecule has 0 radical (unpaired) electrons. The van der Waals surface area contributed by atoms with Gasteiger partial charge in [0.25, 0.3) is 0 Å². The van der Waals surface area contributed by atoms with Gasteiger partial charge in [-0.2, -0.15) is 0 Å². The monoisotopic (exact) mass is 293 g/mol. The van der Waals surface area contributed by atoms with Crippen LogP contribution in [0.4, 0.5) is 0 Å². The number of aromatic hydroxyl groups is 1. The van der Waals surface area contributed by atoms with Crippen molar-refractivity contribution in [2.24, 2.45) is 0 Å². The third-order valence-electron chi connectivity index (χ3n) is 3.16. The quantitative estimate of drug-likeness (QED) is 0.737. The van der Waals surface area contributed by atoms with Crippen LogP contribution >= 0.6 is 11.3 Å². The lowest BCUT2D eigenvalue weighted by Gasteiger charge is -1.96. The summed E-state index contributed by atoms with van der Waals surface area (Å²) in [5, 5.41) is 12.5. The Morgan fingerprint density at radius 2 is 1.86 bits per heavy atom. The van der Waals surface area contributed by atoms with Gasteiger partial charge >= 0.3 is 0 Å². The minimum atomic E-state index is 0.275. The molecule has 0 atom stereocenters. The summed E-state index contributed by atoms with van der Waals surface area (Å²) in [5.74, 6) is 0.275. The topological polar surface area (TPSA) is 33.1 Å². The molecule has 1 heterocycles. The first kappa shape index (κ1) is 13.6. The highest BCUT2D eigenvalue weighted by atomic mass is 32.1. The average Bonchev–Trinajstić information content (AvgIpc) is 2.95. The molecule has 0 saturated heterocycles. The summed E-state index contributed by atoms with van der Waals surface area (Å²) in [4.78, 5) is 4.62. The van der Waals surface area contributed by atoms with E-state index in [1.807, 2.05) is 24.3 Å². The summed E-state index contributed by atoms with van der Waals surface area (Å²) in [6.07, 6.45) is 3.93. The molecule has 21 heavy (non-hydrogen) atoms. The van der Waals surface area contributed by atoms with E-state index in [4.69, 9.17) is 0 Å². The van der Waals surface area contributed by atoms with Gasteiger partial charge in [-0.15, -0.1) is 11.3 Å². The maximum absolute atomic E-state index is 9.44. The van der Waals surface area contributed by atoms with Crippen LogP contribution in [0.2, 0.25) is 0 Å². The summed E-state index contributed by atoms with van der Waals surface area (Å²) >= 11 is 1.61. The van der Waals surface area contributed by atoms with Crippen LogP contribution in [0.15, 0.2) is 53.9 Å². The van der Waals surface area contributed by atoms with Crippen LogP contribution < -0.4 is 0 Å². The molecule has 0 aliphatic carbocycles. The smallest absolute Gasteiger partial charge is 0.116 e. The van der Waals surface area contributed by atoms with Crippen molar-refractivity contribution in [2.75, 3.05) is 0 Å². The molecule has 3 aromatic rings. The van der Waals surface area contributed by atoms with E-state index in [1.54, 1.807) is 23.5 Å². The number of phenolic OH excluding ortho intramolecular Hbond substituents is 1. The van der Waals surface area contributed by atoms with Gasteiger partial charge in [-0.05, 0) is 30.7 Å². The Morgan fingerprint density at radius 3 is 2.62 bits per heavy atom. The van der Waals surface area contributed by atoms with Crippen LogP contribution in [0.3, 0.4) is 0 Å². The Kier molecular flexibility index (Phi) is 3.84. The van der Waals surface area contributed by atoms with Gasteiger partial charge in [-0.25, -0.2) is 4.98 Å². The number of hydrogen-bond donors (Lipinski definition) is 1. The van der Waals surface area contributed by atoms with E-state index in [9.17, 15) is 5.11 Å². The number of nitrogens with zero attached hydrogens (tertiary/aromatic N) is 1. The number of thiazole rings is 1. The Labute approximate surface area is 128 Å². The average molecular weight is 293 g/mol. The van der Waals surface area contributed by atoms with Crippen molar-refractivity contribution < 1.29 is 5.11 Å². The van der Waals surface area contributed by atoms with Crippen molar-refractivity contribution in [3.05, 3.63) is 70.0 Å². The van der Waals surface area contributed by atoms with Crippen molar-refractivity contribution in [3.8, 4) is 17.0 Å². The van der Waals surface area contributed by atoms with Crippen molar-refractivity contribution in [2.45, 2.75) is 6.92 Å². The van der Waals surface area contributed by atoms with E-state index in [-0.39, 0.29) is 5.75 Å². The highest BCUT2D eigenvalue weighted by molar-refractivity contribution is 7.10. The van der Waals surface area contributed by atoms with Crippen molar-refractivity contribution in [3.63, 3.8) is 0 Å². The van der Waals surface area contributed by atoms with Crippen molar-refractivity contribution in [1.82, 2.24) is 4.98 Å². The van der Waals surface area contributed by atoms with Gasteiger partial charge in [0.15, 0.2) is 0 Å². The van der Waals surface area contributed by atoms with Crippen molar-refractivity contribution >= 4 is 23.5 Å². The summed E-state index contributed by atoms with van der Waals surface area (Å²) in [7, 11) is 0. The van der Waals surface area contributed by atoms with Gasteiger partial charge in [0.05, 0.1) is 5.69 Å². The molecule has 0 bridgehead atoms. The Hall–Kier alpha value is -2.39. The molecule has 104 valence electrons. The lowest BCUT2D eigenvalue weighted by molar-refractivity contribution is 0.475. The summed E-state index contributed by atoms with van der Waals surface area (Å²) in [5.41, 5.74) is 4.34. The van der Waals surface area contributed by atoms with E-state index in [2.05, 4.69) is 41.6 Å². The number of aromatic nitrogens is 1. The predicted molar refractivity (Wildman–Crippen MR) is 89.3 cm³/mol. The normalized spacial score (nSPS) is 11.1. The van der Waals surface area contributed by atoms with Crippen LogP contribution in [0.25, 0.3) is 23.4 Å². The molecule has 0 spiro atoms. The zero-order valence-electron chi connectivity index (χ0n) is 11.7. The molecular weight excluding hydrogens is 278 g/mol. The number of hydrogen-bond acceptors (Lipinski definition) is 3. The minimum Gasteiger partial charge on any atom is -0.508 e. The first-order valence-corrected chi connectivity index (χ1v) is 7.58. The molecule has 0 fully saturated rings. The highest BCUT2D eigenvalue weighted by Crippen LogP contribution is 2.23. The van der Waals surface area contributed by atoms with Gasteiger partial charge in [0.1, 0.15) is 10.8 Å². The Bertz CT molecular complexity index is 772. The molecule has 2 nitrogen and oxygen atoms in total. The van der Waals surface area contributed by atoms with Crippen LogP contribution in [0.5, 0.6) is 5.75 Å². The summed E-state index contributed by atoms with van der Waals surface area (Å²) in [6.45, 7) is 2.08. The standard InChI is InChI=1S/C18H15NOS/c1-13-5-8-15(9-6-13)17-12-21-18(19-17)10-7-14-3-2-4-16(20)11-14/h2-12,20H,1H3/b10-7+. The Morgan fingerprint density at radius 1 is 1.05 bits per heavy atom. The van der Waals surface area contributed by atoms with Gasteiger partial charge in [0.2, 0.25) is 0 Å². The summed E-state index contributed by atoms with van der Waals surface area (Å²) < 4.78 is 0. The minimum absolute atomic E-state index is 0.275. The lowest BCUT2D eigenvalue weighted by atomic mass is 10.1. The second kappa shape index (κ2) is 5.94. The van der Waals surface area contributed by atoms with Gasteiger partial charge in [0, 0.05) is 10.9 Å². The first-order valence-electron chi connectivity index (χ1n) is 6.70. The highest BCUT2D eigenvalue weighted by Gasteiger charge is 2.02. The van der Waals surface area contributed by atoms with E-state index < -0.39 is 0 Å². The molecule has 3 rings (SSSR count). The van der Waals surface area contributed by atoms with Gasteiger partial charge < -0.3 is 5.11 Å². The fourth-order valence-electron chi connectivity index (χ4n) is 2.02. The molecule has 0 amide bonds. The van der Waals surface area contributed by atoms with E-state index in [1.165, 1.54) is 5.56 Å². The number of aryl methyl sites for hydroxylation is 1. The molecule has 1 aromatic heterocycles. The Balaban J connectivity index is 1.80. The SMILES string of the molecule is Cc1ccc(-c2csc(/C=C/c3cccc(O)c3)n2)cc1. The molecular formula is C18H15NOS. The van der Waals surface area contributed by atoms with Crippen molar-refractivity contribution in [1.29, 1.82) is 0 Å². The van der Waals surface area contributed by atoms with Gasteiger partial charge in [-0.3, -0.25) is 0 Å². The summed E-state index contributed by atoms with van der Waals surface area (Å²) in [6, 6.07) is 15.5. The number of rotatable bonds is 3. The maximum Gasteiger partial charge on any atom is 0.116 e. The molecule has 2 aromatic carbocycles. The first-order chi connectivity index (χ1) is 10.2. The molecule has 1 N–H and O–H groups in total. The molecule has 0 aliphatic heterocycles. The zero-order chi connectivity index (χ0) is 14.7. The zero-order valence-corrected chi connectivity index (χ0v) is 12.5. The third kappa shape index (κ3) is 3.38. The molecule has 0 saturated carbocycles. The van der Waals surface area contributed by atoms with E-state index in [0.29, 0.717) is 0 Å². The van der Waals surface area contributed by atoms with Gasteiger partial charge in [-0.1, -0.05) is 48.0 Å². The second-order valence-electron chi connectivity index (χ2n) is 4.87. The second-order valence-corrected chi connectivity index (χ2v) is 5.76. The van der Waals surface area contributed by atoms with Crippen LogP contribution in [-0.4, -0.2) is 10.1 Å². The van der Waals surface area contributed by atoms with Crippen LogP contribution in [-0.2, 0) is 0 Å². The number of benzene rings is 2. The lowest BCUT2D eigenvalue weighted by Crippen LogP contribution is -1.79. The molecule has 0 unspecified atom stereocenters. The largest absolute Gasteiger partial charge is 0.508 e. The third-order valence-corrected chi connectivity index (χ3v) is 3.97. The fourth-order valence-corrected chi connectivity index (χ4v) is 2.74. The molecule has 0 aliphatic rings.